The first kappa shape index (κ1) is 29.5. The van der Waals surface area contributed by atoms with Gasteiger partial charge in [0.05, 0.1) is 22.1 Å². The second-order valence-electron chi connectivity index (χ2n) is 9.43. The van der Waals surface area contributed by atoms with Crippen LogP contribution in [0.2, 0.25) is 10.0 Å². The van der Waals surface area contributed by atoms with Crippen LogP contribution in [0.5, 0.6) is 5.75 Å². The molecule has 210 valence electrons. The van der Waals surface area contributed by atoms with Crippen LogP contribution in [0, 0.1) is 0 Å². The van der Waals surface area contributed by atoms with Gasteiger partial charge in [-0.15, -0.1) is 0 Å². The Bertz CT molecular complexity index is 1350. The summed E-state index contributed by atoms with van der Waals surface area (Å²) in [6.07, 6.45) is 0.965. The van der Waals surface area contributed by atoms with Gasteiger partial charge in [-0.2, -0.15) is 4.31 Å². The predicted molar refractivity (Wildman–Crippen MR) is 144 cm³/mol. The average molecular weight is 609 g/mol. The van der Waals surface area contributed by atoms with Crippen molar-refractivity contribution in [2.75, 3.05) is 39.9 Å². The molecule has 4 rings (SSSR count). The smallest absolute Gasteiger partial charge is 0.244 e. The lowest BCUT2D eigenvalue weighted by atomic mass is 9.88. The van der Waals surface area contributed by atoms with Crippen LogP contribution < -0.4 is 14.8 Å². The number of aliphatic hydroxyl groups excluding tert-OH is 1. The molecule has 14 heteroatoms. The van der Waals surface area contributed by atoms with Crippen LogP contribution in [0.1, 0.15) is 19.3 Å². The monoisotopic (exact) mass is 607 g/mol. The molecular weight excluding hydrogens is 577 g/mol. The molecule has 0 aromatic heterocycles. The van der Waals surface area contributed by atoms with Gasteiger partial charge in [0.25, 0.3) is 0 Å². The molecule has 2 aliphatic heterocycles. The van der Waals surface area contributed by atoms with E-state index in [9.17, 15) is 21.9 Å². The molecule has 1 spiro atoms. The van der Waals surface area contributed by atoms with Gasteiger partial charge in [-0.3, -0.25) is 0 Å². The number of hydrogen-bond acceptors (Lipinski definition) is 8. The molecule has 38 heavy (non-hydrogen) atoms. The van der Waals surface area contributed by atoms with Gasteiger partial charge in [0.15, 0.2) is 0 Å². The number of benzene rings is 2. The maximum absolute atomic E-state index is 13.1. The van der Waals surface area contributed by atoms with Gasteiger partial charge in [-0.1, -0.05) is 29.3 Å². The first-order valence-corrected chi connectivity index (χ1v) is 15.8. The lowest BCUT2D eigenvalue weighted by Crippen LogP contribution is -2.47. The van der Waals surface area contributed by atoms with Gasteiger partial charge in [0, 0.05) is 36.8 Å². The minimum Gasteiger partial charge on any atom is -0.491 e. The highest BCUT2D eigenvalue weighted by molar-refractivity contribution is 7.89. The molecule has 2 atom stereocenters. The van der Waals surface area contributed by atoms with Crippen molar-refractivity contribution in [3.63, 3.8) is 0 Å². The van der Waals surface area contributed by atoms with E-state index in [-0.39, 0.29) is 34.0 Å². The Labute approximate surface area is 233 Å². The fourth-order valence-corrected chi connectivity index (χ4v) is 7.64. The number of nitrogens with zero attached hydrogens (tertiary/aromatic N) is 1. The summed E-state index contributed by atoms with van der Waals surface area (Å²) < 4.78 is 65.4. The molecule has 0 saturated carbocycles. The first-order chi connectivity index (χ1) is 17.9. The number of hydrogen-bond donors (Lipinski definition) is 3. The number of halogens is 2. The third-order valence-electron chi connectivity index (χ3n) is 6.82. The molecule has 0 bridgehead atoms. The predicted octanol–water partition coefficient (Wildman–Crippen LogP) is 2.24. The number of aliphatic hydroxyl groups is 1. The third-order valence-corrected chi connectivity index (χ3v) is 10.9. The van der Waals surface area contributed by atoms with Crippen molar-refractivity contribution in [2.24, 2.45) is 0 Å². The molecule has 2 saturated heterocycles. The summed E-state index contributed by atoms with van der Waals surface area (Å²) in [4.78, 5) is 0.117. The summed E-state index contributed by atoms with van der Waals surface area (Å²) in [5.74, 6) is 0.338. The van der Waals surface area contributed by atoms with E-state index in [1.54, 1.807) is 12.1 Å². The first-order valence-electron chi connectivity index (χ1n) is 12.1. The van der Waals surface area contributed by atoms with Crippen LogP contribution in [0.25, 0.3) is 0 Å². The van der Waals surface area contributed by atoms with Crippen LogP contribution in [-0.4, -0.2) is 83.9 Å². The molecule has 0 amide bonds. The molecule has 10 nitrogen and oxygen atoms in total. The van der Waals surface area contributed by atoms with Gasteiger partial charge in [-0.25, -0.2) is 21.6 Å². The van der Waals surface area contributed by atoms with Crippen LogP contribution >= 0.6 is 23.2 Å². The van der Waals surface area contributed by atoms with E-state index >= 15 is 0 Å². The van der Waals surface area contributed by atoms with E-state index in [2.05, 4.69) is 10.0 Å². The van der Waals surface area contributed by atoms with Crippen molar-refractivity contribution < 1.29 is 31.4 Å². The molecule has 2 aliphatic rings. The normalized spacial score (nSPS) is 21.0. The summed E-state index contributed by atoms with van der Waals surface area (Å²) in [5, 5.41) is 14.1. The van der Waals surface area contributed by atoms with E-state index in [1.165, 1.54) is 41.7 Å². The van der Waals surface area contributed by atoms with Crippen LogP contribution in [0.15, 0.2) is 52.3 Å². The number of ether oxygens (including phenoxy) is 2. The molecule has 3 N–H and O–H groups in total. The van der Waals surface area contributed by atoms with Gasteiger partial charge in [-0.05, 0) is 56.6 Å². The van der Waals surface area contributed by atoms with Crippen molar-refractivity contribution >= 4 is 43.2 Å². The van der Waals surface area contributed by atoms with Gasteiger partial charge in [0.1, 0.15) is 23.4 Å². The fraction of sp³-hybridized carbons (Fsp3) is 0.500. The summed E-state index contributed by atoms with van der Waals surface area (Å²) in [6.45, 7) is 1.32. The Hall–Kier alpha value is -1.48. The zero-order chi connectivity index (χ0) is 27.6. The molecular formula is C24H31Cl2N3O7S2. The average Bonchev–Trinajstić information content (AvgIpc) is 3.28. The Morgan fingerprint density at radius 2 is 1.89 bits per heavy atom. The Kier molecular flexibility index (Phi) is 9.28. The summed E-state index contributed by atoms with van der Waals surface area (Å²) in [7, 11) is -6.00. The highest BCUT2D eigenvalue weighted by Gasteiger charge is 2.45. The fourth-order valence-electron chi connectivity index (χ4n) is 4.68. The van der Waals surface area contributed by atoms with Crippen LogP contribution in [0.4, 0.5) is 0 Å². The van der Waals surface area contributed by atoms with Crippen molar-refractivity contribution in [1.82, 2.24) is 14.3 Å². The maximum atomic E-state index is 13.1. The number of sulfonamides is 2. The Balaban J connectivity index is 1.24. The molecule has 2 heterocycles. The largest absolute Gasteiger partial charge is 0.491 e. The zero-order valence-corrected chi connectivity index (χ0v) is 23.9. The van der Waals surface area contributed by atoms with Crippen molar-refractivity contribution in [3.05, 3.63) is 52.5 Å². The topological polar surface area (TPSA) is 134 Å². The van der Waals surface area contributed by atoms with Gasteiger partial charge in [0.2, 0.25) is 20.0 Å². The van der Waals surface area contributed by atoms with Gasteiger partial charge < -0.3 is 19.9 Å². The van der Waals surface area contributed by atoms with E-state index < -0.39 is 31.8 Å². The van der Waals surface area contributed by atoms with E-state index in [1.807, 2.05) is 0 Å². The molecule has 0 radical (unpaired) electrons. The zero-order valence-electron chi connectivity index (χ0n) is 20.8. The minimum atomic E-state index is -3.74. The molecule has 0 aliphatic carbocycles. The highest BCUT2D eigenvalue weighted by Crippen LogP contribution is 2.38. The number of rotatable bonds is 10. The molecule has 1 unspecified atom stereocenters. The van der Waals surface area contributed by atoms with Crippen LogP contribution in [-0.2, 0) is 24.8 Å². The standard InChI is InChI=1S/C24H31Cl2N3O7S2/c1-27-37(31,32)21-4-2-3-20(12-21)35-16-19(30)14-28-18-13-24(36-15-18)7-9-29(10-8-24)38(33,34)23-6-5-17(25)11-22(23)26/h2-6,11-12,18-19,27-28,30H,7-10,13-16H2,1H3/t18?,19-/m0/s1. The summed E-state index contributed by atoms with van der Waals surface area (Å²) >= 11 is 12.0. The van der Waals surface area contributed by atoms with E-state index in [0.717, 1.165) is 0 Å². The lowest BCUT2D eigenvalue weighted by molar-refractivity contribution is -0.0312. The summed E-state index contributed by atoms with van der Waals surface area (Å²) in [6, 6.07) is 10.4. The molecule has 2 aromatic carbocycles. The highest BCUT2D eigenvalue weighted by atomic mass is 35.5. The minimum absolute atomic E-state index is 0.00242. The number of piperidine rings is 1. The van der Waals surface area contributed by atoms with Crippen molar-refractivity contribution in [1.29, 1.82) is 0 Å². The quantitative estimate of drug-likeness (QED) is 0.374. The third kappa shape index (κ3) is 6.80. The lowest BCUT2D eigenvalue weighted by Gasteiger charge is -2.38. The Morgan fingerprint density at radius 3 is 2.58 bits per heavy atom. The van der Waals surface area contributed by atoms with Crippen molar-refractivity contribution in [2.45, 2.75) is 46.8 Å². The van der Waals surface area contributed by atoms with E-state index in [4.69, 9.17) is 32.7 Å². The SMILES string of the molecule is CNS(=O)(=O)c1cccc(OC[C@@H](O)CNC2COC3(CCN(S(=O)(=O)c4ccc(Cl)cc4Cl)CC3)C2)c1. The maximum Gasteiger partial charge on any atom is 0.244 e. The Morgan fingerprint density at radius 1 is 1.16 bits per heavy atom. The second kappa shape index (κ2) is 11.9. The molecule has 2 fully saturated rings. The summed E-state index contributed by atoms with van der Waals surface area (Å²) in [5.41, 5.74) is -0.422. The second-order valence-corrected chi connectivity index (χ2v) is 14.1. The number of nitrogens with one attached hydrogen (secondary N) is 2. The van der Waals surface area contributed by atoms with E-state index in [0.29, 0.717) is 49.7 Å². The molecule has 2 aromatic rings. The van der Waals surface area contributed by atoms with Crippen LogP contribution in [0.3, 0.4) is 0 Å². The van der Waals surface area contributed by atoms with Crippen molar-refractivity contribution in [3.8, 4) is 5.75 Å². The van der Waals surface area contributed by atoms with Gasteiger partial charge >= 0.3 is 0 Å².